The highest BCUT2D eigenvalue weighted by atomic mass is 79.9. The van der Waals surface area contributed by atoms with Crippen molar-refractivity contribution < 1.29 is 4.79 Å². The molecule has 0 radical (unpaired) electrons. The van der Waals surface area contributed by atoms with Crippen LogP contribution in [0.1, 0.15) is 30.3 Å². The van der Waals surface area contributed by atoms with Crippen LogP contribution >= 0.6 is 15.9 Å². The fraction of sp³-hybridized carbons (Fsp3) is 0.333. The number of amides is 1. The van der Waals surface area contributed by atoms with Crippen molar-refractivity contribution in [3.63, 3.8) is 0 Å². The van der Waals surface area contributed by atoms with E-state index in [9.17, 15) is 4.79 Å². The predicted octanol–water partition coefficient (Wildman–Crippen LogP) is 4.46. The first-order chi connectivity index (χ1) is 11.1. The van der Waals surface area contributed by atoms with E-state index in [0.717, 1.165) is 35.4 Å². The number of piperidine rings is 1. The van der Waals surface area contributed by atoms with Crippen LogP contribution in [0.25, 0.3) is 0 Å². The van der Waals surface area contributed by atoms with E-state index in [-0.39, 0.29) is 5.91 Å². The minimum absolute atomic E-state index is 0.0315. The van der Waals surface area contributed by atoms with E-state index >= 15 is 0 Å². The van der Waals surface area contributed by atoms with Crippen LogP contribution in [0, 0.1) is 5.92 Å². The van der Waals surface area contributed by atoms with Crippen LogP contribution in [0.15, 0.2) is 47.1 Å². The van der Waals surface area contributed by atoms with Gasteiger partial charge >= 0.3 is 0 Å². The molecule has 1 aliphatic rings. The van der Waals surface area contributed by atoms with Gasteiger partial charge in [0, 0.05) is 17.6 Å². The van der Waals surface area contributed by atoms with Gasteiger partial charge in [-0.05, 0) is 59.0 Å². The predicted molar refractivity (Wildman–Crippen MR) is 96.0 cm³/mol. The molecule has 3 rings (SSSR count). The summed E-state index contributed by atoms with van der Waals surface area (Å²) in [6.07, 6.45) is 3.99. The van der Waals surface area contributed by atoms with Crippen molar-refractivity contribution in [3.05, 3.63) is 52.8 Å². The highest BCUT2D eigenvalue weighted by Crippen LogP contribution is 2.25. The number of likely N-dealkylation sites (tertiary alicyclic amines) is 1. The molecule has 0 aliphatic carbocycles. The third-order valence-electron chi connectivity index (χ3n) is 4.08. The van der Waals surface area contributed by atoms with Gasteiger partial charge in [0.2, 0.25) is 0 Å². The zero-order chi connectivity index (χ0) is 16.2. The lowest BCUT2D eigenvalue weighted by Gasteiger charge is -2.30. The lowest BCUT2D eigenvalue weighted by Crippen LogP contribution is -2.39. The number of carbonyl (C=O) groups excluding carboxylic acids is 1. The number of nitrogens with one attached hydrogen (secondary N) is 1. The number of hydrogen-bond donors (Lipinski definition) is 1. The third-order valence-corrected chi connectivity index (χ3v) is 4.77. The van der Waals surface area contributed by atoms with E-state index in [1.807, 2.05) is 35.2 Å². The number of aromatic nitrogens is 1. The SMILES string of the molecule is CC1CCCN(C(=O)c2ccc(Nc3ccccc3Br)cn2)C1. The van der Waals surface area contributed by atoms with Crippen LogP contribution in [0.3, 0.4) is 0 Å². The molecule has 1 saturated heterocycles. The highest BCUT2D eigenvalue weighted by Gasteiger charge is 2.22. The molecule has 1 N–H and O–H groups in total. The minimum atomic E-state index is 0.0315. The van der Waals surface area contributed by atoms with Crippen molar-refractivity contribution in [2.24, 2.45) is 5.92 Å². The van der Waals surface area contributed by atoms with Gasteiger partial charge in [0.1, 0.15) is 5.69 Å². The maximum Gasteiger partial charge on any atom is 0.272 e. The Bertz CT molecular complexity index is 687. The highest BCUT2D eigenvalue weighted by molar-refractivity contribution is 9.10. The second-order valence-electron chi connectivity index (χ2n) is 6.04. The zero-order valence-electron chi connectivity index (χ0n) is 13.1. The third kappa shape index (κ3) is 3.91. The maximum atomic E-state index is 12.5. The number of benzene rings is 1. The molecule has 1 aromatic carbocycles. The van der Waals surface area contributed by atoms with Crippen molar-refractivity contribution in [1.82, 2.24) is 9.88 Å². The summed E-state index contributed by atoms with van der Waals surface area (Å²) >= 11 is 3.51. The van der Waals surface area contributed by atoms with Crippen molar-refractivity contribution >= 4 is 33.2 Å². The molecule has 2 aromatic rings. The van der Waals surface area contributed by atoms with E-state index in [2.05, 4.69) is 33.2 Å². The molecule has 5 heteroatoms. The zero-order valence-corrected chi connectivity index (χ0v) is 14.7. The quantitative estimate of drug-likeness (QED) is 0.863. The molecule has 2 heterocycles. The van der Waals surface area contributed by atoms with E-state index in [0.29, 0.717) is 11.6 Å². The Morgan fingerprint density at radius 2 is 2.13 bits per heavy atom. The summed E-state index contributed by atoms with van der Waals surface area (Å²) in [5.41, 5.74) is 2.34. The van der Waals surface area contributed by atoms with E-state index < -0.39 is 0 Å². The smallest absolute Gasteiger partial charge is 0.272 e. The average Bonchev–Trinajstić information content (AvgIpc) is 2.57. The fourth-order valence-corrected chi connectivity index (χ4v) is 3.23. The largest absolute Gasteiger partial charge is 0.353 e. The van der Waals surface area contributed by atoms with Gasteiger partial charge in [0.05, 0.1) is 17.6 Å². The van der Waals surface area contributed by atoms with Gasteiger partial charge in [-0.3, -0.25) is 4.79 Å². The molecule has 120 valence electrons. The molecule has 23 heavy (non-hydrogen) atoms. The summed E-state index contributed by atoms with van der Waals surface area (Å²) in [6.45, 7) is 3.86. The number of halogens is 1. The Morgan fingerprint density at radius 3 is 2.83 bits per heavy atom. The van der Waals surface area contributed by atoms with Crippen LogP contribution in [0.2, 0.25) is 0 Å². The summed E-state index contributed by atoms with van der Waals surface area (Å²) < 4.78 is 0.988. The molecule has 0 saturated carbocycles. The second-order valence-corrected chi connectivity index (χ2v) is 6.89. The first-order valence-electron chi connectivity index (χ1n) is 7.90. The molecule has 1 aliphatic heterocycles. The second kappa shape index (κ2) is 7.13. The number of carbonyl (C=O) groups is 1. The van der Waals surface area contributed by atoms with Gasteiger partial charge in [-0.2, -0.15) is 0 Å². The summed E-state index contributed by atoms with van der Waals surface area (Å²) in [5.74, 6) is 0.605. The van der Waals surface area contributed by atoms with Gasteiger partial charge in [0.15, 0.2) is 0 Å². The molecule has 0 spiro atoms. The first-order valence-corrected chi connectivity index (χ1v) is 8.69. The van der Waals surface area contributed by atoms with Gasteiger partial charge in [0.25, 0.3) is 5.91 Å². The van der Waals surface area contributed by atoms with E-state index in [4.69, 9.17) is 0 Å². The Kier molecular flexibility index (Phi) is 4.96. The first kappa shape index (κ1) is 16.0. The Morgan fingerprint density at radius 1 is 1.30 bits per heavy atom. The van der Waals surface area contributed by atoms with Gasteiger partial charge in [-0.1, -0.05) is 19.1 Å². The van der Waals surface area contributed by atoms with Gasteiger partial charge < -0.3 is 10.2 Å². The summed E-state index contributed by atoms with van der Waals surface area (Å²) in [4.78, 5) is 18.8. The molecule has 1 aromatic heterocycles. The van der Waals surface area contributed by atoms with Gasteiger partial charge in [-0.15, -0.1) is 0 Å². The van der Waals surface area contributed by atoms with Crippen LogP contribution in [-0.4, -0.2) is 28.9 Å². The van der Waals surface area contributed by atoms with E-state index in [1.165, 1.54) is 6.42 Å². The molecule has 1 unspecified atom stereocenters. The average molecular weight is 374 g/mol. The summed E-state index contributed by atoms with van der Waals surface area (Å²) in [6, 6.07) is 11.6. The molecule has 1 atom stereocenters. The molecule has 4 nitrogen and oxygen atoms in total. The van der Waals surface area contributed by atoms with Crippen LogP contribution in [-0.2, 0) is 0 Å². The molecular weight excluding hydrogens is 354 g/mol. The van der Waals surface area contributed by atoms with Crippen LogP contribution in [0.5, 0.6) is 0 Å². The number of pyridine rings is 1. The molecular formula is C18H20BrN3O. The van der Waals surface area contributed by atoms with E-state index in [1.54, 1.807) is 12.3 Å². The lowest BCUT2D eigenvalue weighted by atomic mass is 10.00. The fourth-order valence-electron chi connectivity index (χ4n) is 2.85. The Hall–Kier alpha value is -1.88. The Labute approximate surface area is 145 Å². The molecule has 1 fully saturated rings. The summed E-state index contributed by atoms with van der Waals surface area (Å²) in [7, 11) is 0. The molecule has 0 bridgehead atoms. The van der Waals surface area contributed by atoms with Crippen molar-refractivity contribution in [3.8, 4) is 0 Å². The summed E-state index contributed by atoms with van der Waals surface area (Å²) in [5, 5.41) is 3.29. The van der Waals surface area contributed by atoms with Crippen molar-refractivity contribution in [2.75, 3.05) is 18.4 Å². The normalized spacial score (nSPS) is 17.8. The number of rotatable bonds is 3. The number of nitrogens with zero attached hydrogens (tertiary/aromatic N) is 2. The monoisotopic (exact) mass is 373 g/mol. The molecule has 1 amide bonds. The minimum Gasteiger partial charge on any atom is -0.353 e. The van der Waals surface area contributed by atoms with Crippen molar-refractivity contribution in [2.45, 2.75) is 19.8 Å². The lowest BCUT2D eigenvalue weighted by molar-refractivity contribution is 0.0677. The Balaban J connectivity index is 1.69. The number of hydrogen-bond acceptors (Lipinski definition) is 3. The number of anilines is 2. The van der Waals surface area contributed by atoms with Crippen LogP contribution in [0.4, 0.5) is 11.4 Å². The van der Waals surface area contributed by atoms with Crippen LogP contribution < -0.4 is 5.32 Å². The van der Waals surface area contributed by atoms with Gasteiger partial charge in [-0.25, -0.2) is 4.98 Å². The van der Waals surface area contributed by atoms with Crippen molar-refractivity contribution in [1.29, 1.82) is 0 Å². The number of para-hydroxylation sites is 1. The maximum absolute atomic E-state index is 12.5. The standard InChI is InChI=1S/C18H20BrN3O/c1-13-5-4-10-22(12-13)18(23)17-9-8-14(11-20-17)21-16-7-3-2-6-15(16)19/h2-3,6-9,11,13,21H,4-5,10,12H2,1H3. The topological polar surface area (TPSA) is 45.2 Å².